The lowest BCUT2D eigenvalue weighted by Crippen LogP contribution is -2.58. The molecule has 2 atom stereocenters. The Labute approximate surface area is 231 Å². The number of nitrogens with zero attached hydrogens (tertiary/aromatic N) is 4. The normalized spacial score (nSPS) is 28.4. The maximum absolute atomic E-state index is 11.5. The van der Waals surface area contributed by atoms with Gasteiger partial charge in [-0.15, -0.1) is 0 Å². The number of carboxylic acid groups (broad SMARTS) is 1. The van der Waals surface area contributed by atoms with Crippen molar-refractivity contribution >= 4 is 29.3 Å². The summed E-state index contributed by atoms with van der Waals surface area (Å²) in [7, 11) is 0. The van der Waals surface area contributed by atoms with Crippen LogP contribution in [-0.4, -0.2) is 58.2 Å². The minimum Gasteiger partial charge on any atom is -0.481 e. The van der Waals surface area contributed by atoms with E-state index in [1.807, 2.05) is 13.0 Å². The first-order valence-corrected chi connectivity index (χ1v) is 14.7. The zero-order chi connectivity index (χ0) is 26.6. The van der Waals surface area contributed by atoms with Crippen molar-refractivity contribution in [1.82, 2.24) is 14.9 Å². The van der Waals surface area contributed by atoms with E-state index in [2.05, 4.69) is 41.1 Å². The molecule has 1 aromatic carbocycles. The van der Waals surface area contributed by atoms with Crippen LogP contribution in [0.5, 0.6) is 0 Å². The molecule has 8 heteroatoms. The molecule has 0 radical (unpaired) electrons. The smallest absolute Gasteiger partial charge is 0.309 e. The maximum atomic E-state index is 11.5. The molecule has 1 aromatic heterocycles. The molecule has 38 heavy (non-hydrogen) atoms. The average Bonchev–Trinajstić information content (AvgIpc) is 3.30. The number of hydrogen-bond donors (Lipinski definition) is 2. The Kier molecular flexibility index (Phi) is 6.79. The first-order valence-electron chi connectivity index (χ1n) is 14.3. The van der Waals surface area contributed by atoms with Crippen molar-refractivity contribution in [3.05, 3.63) is 45.6 Å². The molecule has 2 aliphatic heterocycles. The molecule has 2 aromatic rings. The van der Waals surface area contributed by atoms with Crippen molar-refractivity contribution in [1.29, 1.82) is 0 Å². The predicted octanol–water partition coefficient (Wildman–Crippen LogP) is 5.50. The highest BCUT2D eigenvalue weighted by Crippen LogP contribution is 2.45. The molecule has 2 saturated heterocycles. The molecule has 2 N–H and O–H groups in total. The van der Waals surface area contributed by atoms with Gasteiger partial charge in [0.2, 0.25) is 5.95 Å². The van der Waals surface area contributed by atoms with E-state index in [0.29, 0.717) is 17.9 Å². The van der Waals surface area contributed by atoms with Gasteiger partial charge in [-0.3, -0.25) is 4.79 Å². The summed E-state index contributed by atoms with van der Waals surface area (Å²) in [5.74, 6) is 2.51. The summed E-state index contributed by atoms with van der Waals surface area (Å²) >= 11 is 6.57. The molecular weight excluding hydrogens is 498 g/mol. The number of aliphatic carboxylic acids is 1. The van der Waals surface area contributed by atoms with Gasteiger partial charge in [0.25, 0.3) is 0 Å². The maximum Gasteiger partial charge on any atom is 0.309 e. The van der Waals surface area contributed by atoms with Gasteiger partial charge in [-0.25, -0.2) is 4.98 Å². The van der Waals surface area contributed by atoms with Crippen LogP contribution < -0.4 is 10.2 Å². The van der Waals surface area contributed by atoms with Crippen LogP contribution in [0.25, 0.3) is 0 Å². The SMILES string of the molecule is Cc1ccc([C@@H](C)Nc2nc(N3CC([C@H]4CCCN(C5CC(C)(C(=O)O)C5)C4)C3)nc3c2CCC3)c(Cl)c1. The van der Waals surface area contributed by atoms with Gasteiger partial charge in [0, 0.05) is 36.3 Å². The number of halogens is 1. The molecule has 6 rings (SSSR count). The molecule has 0 unspecified atom stereocenters. The molecule has 204 valence electrons. The molecule has 0 amide bonds. The highest BCUT2D eigenvalue weighted by molar-refractivity contribution is 6.31. The molecule has 0 spiro atoms. The quantitative estimate of drug-likeness (QED) is 0.482. The fourth-order valence-corrected chi connectivity index (χ4v) is 7.49. The third-order valence-corrected chi connectivity index (χ3v) is 9.98. The lowest BCUT2D eigenvalue weighted by atomic mass is 9.65. The second-order valence-electron chi connectivity index (χ2n) is 12.5. The number of rotatable bonds is 7. The summed E-state index contributed by atoms with van der Waals surface area (Å²) in [6, 6.07) is 6.73. The number of benzene rings is 1. The second kappa shape index (κ2) is 9.98. The van der Waals surface area contributed by atoms with Gasteiger partial charge < -0.3 is 20.2 Å². The van der Waals surface area contributed by atoms with Crippen LogP contribution in [0, 0.1) is 24.2 Å². The first kappa shape index (κ1) is 25.9. The average molecular weight is 538 g/mol. The van der Waals surface area contributed by atoms with E-state index >= 15 is 0 Å². The number of piperidine rings is 1. The topological polar surface area (TPSA) is 81.6 Å². The van der Waals surface area contributed by atoms with E-state index in [1.165, 1.54) is 24.1 Å². The standard InChI is InChI=1S/C30H40ClN5O2/c1-18-9-10-23(25(31)12-18)19(2)32-27-24-7-4-8-26(24)33-29(34-27)36-16-21(17-36)20-6-5-11-35(15-20)22-13-30(3,14-22)28(37)38/h9-10,12,19-22H,4-8,11,13-17H2,1-3H3,(H,37,38)(H,32,33,34)/t19-,20+,22?,30?/m1/s1. The van der Waals surface area contributed by atoms with Crippen molar-refractivity contribution in [2.45, 2.75) is 77.8 Å². The Hall–Kier alpha value is -2.38. The minimum atomic E-state index is -0.642. The third kappa shape index (κ3) is 4.77. The van der Waals surface area contributed by atoms with Gasteiger partial charge in [-0.2, -0.15) is 4.98 Å². The van der Waals surface area contributed by atoms with Crippen LogP contribution in [-0.2, 0) is 17.6 Å². The van der Waals surface area contributed by atoms with E-state index in [1.54, 1.807) is 0 Å². The summed E-state index contributed by atoms with van der Waals surface area (Å²) in [5, 5.41) is 14.0. The summed E-state index contributed by atoms with van der Waals surface area (Å²) in [6.45, 7) is 10.3. The highest BCUT2D eigenvalue weighted by atomic mass is 35.5. The molecule has 7 nitrogen and oxygen atoms in total. The third-order valence-electron chi connectivity index (χ3n) is 9.65. The lowest BCUT2D eigenvalue weighted by Gasteiger charge is -2.52. The monoisotopic (exact) mass is 537 g/mol. The number of carboxylic acids is 1. The molecular formula is C30H40ClN5O2. The van der Waals surface area contributed by atoms with E-state index in [9.17, 15) is 9.90 Å². The van der Waals surface area contributed by atoms with E-state index in [-0.39, 0.29) is 6.04 Å². The Bertz CT molecular complexity index is 1220. The lowest BCUT2D eigenvalue weighted by molar-refractivity contribution is -0.158. The first-order chi connectivity index (χ1) is 18.2. The fourth-order valence-electron chi connectivity index (χ4n) is 7.09. The summed E-state index contributed by atoms with van der Waals surface area (Å²) < 4.78 is 0. The van der Waals surface area contributed by atoms with Crippen molar-refractivity contribution < 1.29 is 9.90 Å². The van der Waals surface area contributed by atoms with Gasteiger partial charge >= 0.3 is 5.97 Å². The van der Waals surface area contributed by atoms with Gasteiger partial charge in [0.05, 0.1) is 17.2 Å². The molecule has 3 fully saturated rings. The van der Waals surface area contributed by atoms with Crippen molar-refractivity contribution in [3.63, 3.8) is 0 Å². The second-order valence-corrected chi connectivity index (χ2v) is 12.9. The Balaban J connectivity index is 1.10. The zero-order valence-corrected chi connectivity index (χ0v) is 23.6. The van der Waals surface area contributed by atoms with Crippen molar-refractivity contribution in [2.24, 2.45) is 17.3 Å². The molecule has 4 aliphatic rings. The van der Waals surface area contributed by atoms with Gasteiger partial charge in [-0.05, 0) is 101 Å². The van der Waals surface area contributed by atoms with Gasteiger partial charge in [0.15, 0.2) is 0 Å². The Morgan fingerprint density at radius 1 is 1.16 bits per heavy atom. The molecule has 0 bridgehead atoms. The Morgan fingerprint density at radius 2 is 1.95 bits per heavy atom. The van der Waals surface area contributed by atoms with Crippen LogP contribution in [0.2, 0.25) is 5.02 Å². The van der Waals surface area contributed by atoms with Crippen LogP contribution in [0.4, 0.5) is 11.8 Å². The summed E-state index contributed by atoms with van der Waals surface area (Å²) in [4.78, 5) is 26.5. The van der Waals surface area contributed by atoms with Crippen LogP contribution in [0.3, 0.4) is 0 Å². The zero-order valence-electron chi connectivity index (χ0n) is 22.8. The molecule has 2 aliphatic carbocycles. The van der Waals surface area contributed by atoms with Crippen LogP contribution in [0.15, 0.2) is 18.2 Å². The number of hydrogen-bond acceptors (Lipinski definition) is 6. The van der Waals surface area contributed by atoms with E-state index in [4.69, 9.17) is 21.6 Å². The van der Waals surface area contributed by atoms with E-state index < -0.39 is 11.4 Å². The number of likely N-dealkylation sites (tertiary alicyclic amines) is 1. The molecule has 1 saturated carbocycles. The van der Waals surface area contributed by atoms with Crippen LogP contribution >= 0.6 is 11.6 Å². The predicted molar refractivity (Wildman–Crippen MR) is 151 cm³/mol. The highest BCUT2D eigenvalue weighted by Gasteiger charge is 2.49. The van der Waals surface area contributed by atoms with E-state index in [0.717, 1.165) is 86.2 Å². The number of aromatic nitrogens is 2. The summed E-state index contributed by atoms with van der Waals surface area (Å²) in [6.07, 6.45) is 7.23. The van der Waals surface area contributed by atoms with Gasteiger partial charge in [-0.1, -0.05) is 23.7 Å². The number of fused-ring (bicyclic) bond motifs is 1. The number of nitrogens with one attached hydrogen (secondary N) is 1. The number of carbonyl (C=O) groups is 1. The van der Waals surface area contributed by atoms with Crippen LogP contribution in [0.1, 0.15) is 74.4 Å². The number of aryl methyl sites for hydroxylation is 2. The Morgan fingerprint density at radius 3 is 2.68 bits per heavy atom. The number of anilines is 2. The fraction of sp³-hybridized carbons (Fsp3) is 0.633. The summed E-state index contributed by atoms with van der Waals surface area (Å²) in [5.41, 5.74) is 4.18. The largest absolute Gasteiger partial charge is 0.481 e. The minimum absolute atomic E-state index is 0.0578. The van der Waals surface area contributed by atoms with Gasteiger partial charge in [0.1, 0.15) is 5.82 Å². The van der Waals surface area contributed by atoms with Crippen molar-refractivity contribution in [2.75, 3.05) is 36.4 Å². The van der Waals surface area contributed by atoms with Crippen molar-refractivity contribution in [3.8, 4) is 0 Å². The molecule has 3 heterocycles.